The van der Waals surface area contributed by atoms with Gasteiger partial charge in [-0.05, 0) is 54.8 Å². The van der Waals surface area contributed by atoms with E-state index in [0.717, 1.165) is 30.1 Å². The number of aliphatic hydroxyl groups is 1. The molecule has 4 bridgehead atoms. The fraction of sp³-hybridized carbons (Fsp3) is 0.846. The summed E-state index contributed by atoms with van der Waals surface area (Å²) in [5.74, 6) is 4.25. The highest BCUT2D eigenvalue weighted by Gasteiger charge is 2.61. The van der Waals surface area contributed by atoms with Crippen LogP contribution in [0, 0.1) is 41.4 Å². The second kappa shape index (κ2) is 2.65. The van der Waals surface area contributed by atoms with Crippen molar-refractivity contribution >= 4 is 0 Å². The van der Waals surface area contributed by atoms with E-state index in [1.54, 1.807) is 0 Å². The van der Waals surface area contributed by atoms with Crippen LogP contribution in [0.1, 0.15) is 19.3 Å². The first-order valence-corrected chi connectivity index (χ1v) is 6.26. The van der Waals surface area contributed by atoms with Crippen LogP contribution < -0.4 is 0 Å². The molecule has 0 aromatic carbocycles. The van der Waals surface area contributed by atoms with Crippen molar-refractivity contribution in [2.24, 2.45) is 41.4 Å². The molecule has 8 unspecified atom stereocenters. The molecule has 4 aliphatic rings. The predicted molar refractivity (Wildman–Crippen MR) is 54.5 cm³/mol. The second-order valence-electron chi connectivity index (χ2n) is 6.03. The third kappa shape index (κ3) is 0.926. The number of hydrogen-bond donors (Lipinski definition) is 1. The topological polar surface area (TPSA) is 20.2 Å². The van der Waals surface area contributed by atoms with Gasteiger partial charge in [-0.3, -0.25) is 0 Å². The Hall–Kier alpha value is -0.370. The van der Waals surface area contributed by atoms with Crippen LogP contribution in [0.5, 0.6) is 0 Å². The van der Waals surface area contributed by atoms with Gasteiger partial charge in [0.15, 0.2) is 6.36 Å². The van der Waals surface area contributed by atoms with Crippen molar-refractivity contribution in [3.05, 3.63) is 12.2 Å². The van der Waals surface area contributed by atoms with Crippen molar-refractivity contribution in [3.63, 3.8) is 0 Å². The van der Waals surface area contributed by atoms with E-state index in [9.17, 15) is 9.50 Å². The third-order valence-electron chi connectivity index (χ3n) is 5.67. The summed E-state index contributed by atoms with van der Waals surface area (Å²) >= 11 is 0. The van der Waals surface area contributed by atoms with E-state index < -0.39 is 6.36 Å². The lowest BCUT2D eigenvalue weighted by atomic mass is 9.69. The van der Waals surface area contributed by atoms with E-state index in [2.05, 4.69) is 12.2 Å². The fourth-order valence-electron chi connectivity index (χ4n) is 5.38. The number of aliphatic hydroxyl groups excluding tert-OH is 1. The van der Waals surface area contributed by atoms with Gasteiger partial charge in [-0.15, -0.1) is 0 Å². The highest BCUT2D eigenvalue weighted by Crippen LogP contribution is 2.67. The standard InChI is InChI=1S/C13H17FO/c14-13(15)10-5-8-4-9(10)12-7-2-1-6(3-7)11(8)12/h1-2,6-13,15H,3-5H2. The number of allylic oxidation sites excluding steroid dienone is 2. The van der Waals surface area contributed by atoms with Gasteiger partial charge < -0.3 is 5.11 Å². The van der Waals surface area contributed by atoms with Crippen molar-refractivity contribution in [2.75, 3.05) is 0 Å². The van der Waals surface area contributed by atoms with Crippen LogP contribution in [-0.4, -0.2) is 11.5 Å². The van der Waals surface area contributed by atoms with Crippen LogP contribution in [0.2, 0.25) is 0 Å². The minimum absolute atomic E-state index is 0.0380. The average Bonchev–Trinajstić information content (AvgIpc) is 2.95. The van der Waals surface area contributed by atoms with Crippen LogP contribution >= 0.6 is 0 Å². The number of halogens is 1. The molecule has 0 aromatic heterocycles. The van der Waals surface area contributed by atoms with Gasteiger partial charge in [0.2, 0.25) is 0 Å². The first-order valence-electron chi connectivity index (χ1n) is 6.26. The number of fused-ring (bicyclic) bond motifs is 9. The maximum Gasteiger partial charge on any atom is 0.199 e. The van der Waals surface area contributed by atoms with Gasteiger partial charge in [0, 0.05) is 5.92 Å². The van der Waals surface area contributed by atoms with E-state index in [4.69, 9.17) is 0 Å². The average molecular weight is 208 g/mol. The first kappa shape index (κ1) is 8.74. The summed E-state index contributed by atoms with van der Waals surface area (Å²) in [5, 5.41) is 9.18. The van der Waals surface area contributed by atoms with Crippen LogP contribution in [0.3, 0.4) is 0 Å². The summed E-state index contributed by atoms with van der Waals surface area (Å²) in [6, 6.07) is 0. The summed E-state index contributed by atoms with van der Waals surface area (Å²) in [7, 11) is 0. The van der Waals surface area contributed by atoms with Gasteiger partial charge in [0.1, 0.15) is 0 Å². The first-order chi connectivity index (χ1) is 7.25. The van der Waals surface area contributed by atoms with E-state index in [-0.39, 0.29) is 5.92 Å². The zero-order valence-electron chi connectivity index (χ0n) is 8.72. The lowest BCUT2D eigenvalue weighted by Gasteiger charge is -2.36. The van der Waals surface area contributed by atoms with E-state index in [1.807, 2.05) is 0 Å². The van der Waals surface area contributed by atoms with Crippen LogP contribution in [0.15, 0.2) is 12.2 Å². The quantitative estimate of drug-likeness (QED) is 0.518. The number of rotatable bonds is 1. The molecule has 3 saturated carbocycles. The van der Waals surface area contributed by atoms with Crippen LogP contribution in [0.25, 0.3) is 0 Å². The Balaban J connectivity index is 1.69. The predicted octanol–water partition coefficient (Wildman–Crippen LogP) is 2.37. The highest BCUT2D eigenvalue weighted by molar-refractivity contribution is 5.20. The van der Waals surface area contributed by atoms with Gasteiger partial charge in [0.25, 0.3) is 0 Å². The summed E-state index contributed by atoms with van der Waals surface area (Å²) < 4.78 is 13.1. The molecule has 0 heterocycles. The SMILES string of the molecule is OC(F)C1CC2CC1C1C3C=CC(C3)C21. The van der Waals surface area contributed by atoms with Crippen molar-refractivity contribution in [3.8, 4) is 0 Å². The Labute approximate surface area is 89.4 Å². The van der Waals surface area contributed by atoms with Crippen molar-refractivity contribution in [1.82, 2.24) is 0 Å². The second-order valence-corrected chi connectivity index (χ2v) is 6.03. The minimum atomic E-state index is -1.57. The number of alkyl halides is 1. The molecule has 8 atom stereocenters. The Morgan fingerprint density at radius 1 is 1.07 bits per heavy atom. The zero-order chi connectivity index (χ0) is 10.2. The molecule has 4 aliphatic carbocycles. The Morgan fingerprint density at radius 2 is 1.80 bits per heavy atom. The molecule has 0 saturated heterocycles. The van der Waals surface area contributed by atoms with Gasteiger partial charge >= 0.3 is 0 Å². The van der Waals surface area contributed by atoms with Crippen molar-refractivity contribution < 1.29 is 9.50 Å². The lowest BCUT2D eigenvalue weighted by molar-refractivity contribution is -0.0511. The Kier molecular flexibility index (Phi) is 1.55. The highest BCUT2D eigenvalue weighted by atomic mass is 19.1. The van der Waals surface area contributed by atoms with Crippen LogP contribution in [0.4, 0.5) is 4.39 Å². The third-order valence-corrected chi connectivity index (χ3v) is 5.67. The Morgan fingerprint density at radius 3 is 2.53 bits per heavy atom. The zero-order valence-corrected chi connectivity index (χ0v) is 8.72. The van der Waals surface area contributed by atoms with Gasteiger partial charge in [-0.2, -0.15) is 0 Å². The molecule has 1 N–H and O–H groups in total. The molecule has 1 nitrogen and oxygen atoms in total. The molecule has 0 aliphatic heterocycles. The summed E-state index contributed by atoms with van der Waals surface area (Å²) in [5.41, 5.74) is 0. The van der Waals surface area contributed by atoms with Crippen molar-refractivity contribution in [2.45, 2.75) is 25.6 Å². The number of hydrogen-bond acceptors (Lipinski definition) is 1. The van der Waals surface area contributed by atoms with E-state index >= 15 is 0 Å². The van der Waals surface area contributed by atoms with Gasteiger partial charge in [0.05, 0.1) is 0 Å². The minimum Gasteiger partial charge on any atom is -0.364 e. The molecular formula is C13H17FO. The molecule has 0 radical (unpaired) electrons. The molecular weight excluding hydrogens is 191 g/mol. The summed E-state index contributed by atoms with van der Waals surface area (Å²) in [6.45, 7) is 0. The maximum atomic E-state index is 13.1. The Bertz CT molecular complexity index is 324. The molecule has 0 aromatic rings. The normalized spacial score (nSPS) is 61.3. The van der Waals surface area contributed by atoms with Gasteiger partial charge in [-0.25, -0.2) is 4.39 Å². The molecule has 3 fully saturated rings. The molecule has 82 valence electrons. The van der Waals surface area contributed by atoms with Crippen molar-refractivity contribution in [1.29, 1.82) is 0 Å². The lowest BCUT2D eigenvalue weighted by Crippen LogP contribution is -2.34. The fourth-order valence-corrected chi connectivity index (χ4v) is 5.38. The van der Waals surface area contributed by atoms with Gasteiger partial charge in [-0.1, -0.05) is 12.2 Å². The maximum absolute atomic E-state index is 13.1. The molecule has 15 heavy (non-hydrogen) atoms. The molecule has 0 spiro atoms. The van der Waals surface area contributed by atoms with E-state index in [0.29, 0.717) is 11.8 Å². The monoisotopic (exact) mass is 208 g/mol. The molecule has 4 rings (SSSR count). The molecule has 0 amide bonds. The molecule has 2 heteroatoms. The smallest absolute Gasteiger partial charge is 0.199 e. The largest absolute Gasteiger partial charge is 0.364 e. The summed E-state index contributed by atoms with van der Waals surface area (Å²) in [4.78, 5) is 0. The summed E-state index contributed by atoms with van der Waals surface area (Å²) in [6.07, 6.45) is 6.64. The van der Waals surface area contributed by atoms with E-state index in [1.165, 1.54) is 12.8 Å². The van der Waals surface area contributed by atoms with Crippen LogP contribution in [-0.2, 0) is 0 Å².